The van der Waals surface area contributed by atoms with Crippen molar-refractivity contribution in [3.63, 3.8) is 0 Å². The first-order chi connectivity index (χ1) is 26.2. The molecule has 0 fully saturated rings. The van der Waals surface area contributed by atoms with Crippen LogP contribution in [0.4, 0.5) is 5.69 Å². The van der Waals surface area contributed by atoms with Crippen LogP contribution in [-0.2, 0) is 27.5 Å². The van der Waals surface area contributed by atoms with E-state index in [0.29, 0.717) is 53.7 Å². The molecule has 1 amide bonds. The number of hydrogen-bond donors (Lipinski definition) is 3. The number of hydrogen-bond acceptors (Lipinski definition) is 8. The van der Waals surface area contributed by atoms with Crippen LogP contribution < -0.4 is 20.5 Å². The molecule has 0 spiro atoms. The third-order valence-corrected chi connectivity index (χ3v) is 11.4. The minimum Gasteiger partial charge on any atom is -0.488 e. The van der Waals surface area contributed by atoms with Gasteiger partial charge in [-0.1, -0.05) is 81.4 Å². The van der Waals surface area contributed by atoms with E-state index in [1.54, 1.807) is 27.4 Å². The molecule has 0 aliphatic heterocycles. The Morgan fingerprint density at radius 2 is 1.61 bits per heavy atom. The third kappa shape index (κ3) is 8.64. The Labute approximate surface area is 331 Å². The Kier molecular flexibility index (Phi) is 12.1. The van der Waals surface area contributed by atoms with Gasteiger partial charge in [0.25, 0.3) is 5.95 Å². The lowest BCUT2D eigenvalue weighted by atomic mass is 9.76. The van der Waals surface area contributed by atoms with Crippen molar-refractivity contribution in [2.75, 3.05) is 12.3 Å². The number of aromatic nitrogens is 6. The standard InChI is InChI=1S/C44H62N8O4/c1-14-31(55-35-21-18-30(43(10,11)15-2)24-33(35)44(12,13)16-3)25-46-37(54)22-19-32-26(4)49-51(27(32)5)41-48-47-40-38(39(42(7,8)9)50-52(40)41)56-36-20-17-29(28(6)53)23-34(36)45/h17-18,20-21,23-24,31,50H,14-16,19,22,25,45H2,1-13H3,(H,46,54). The fraction of sp³-hybridized carbons (Fsp3) is 0.523. The van der Waals surface area contributed by atoms with Crippen LogP contribution in [0.25, 0.3) is 11.6 Å². The molecular formula is C44H62N8O4. The topological polar surface area (TPSA) is 154 Å². The van der Waals surface area contributed by atoms with Crippen LogP contribution in [-0.4, -0.2) is 53.9 Å². The van der Waals surface area contributed by atoms with Crippen molar-refractivity contribution >= 4 is 23.0 Å². The number of carbonyl (C=O) groups is 2. The number of nitrogen functional groups attached to an aromatic ring is 1. The number of amides is 1. The van der Waals surface area contributed by atoms with E-state index < -0.39 is 0 Å². The summed E-state index contributed by atoms with van der Waals surface area (Å²) in [7, 11) is 0. The van der Waals surface area contributed by atoms with E-state index in [4.69, 9.17) is 20.3 Å². The lowest BCUT2D eigenvalue weighted by molar-refractivity contribution is -0.121. The normalized spacial score (nSPS) is 12.9. The Morgan fingerprint density at radius 3 is 2.21 bits per heavy atom. The summed E-state index contributed by atoms with van der Waals surface area (Å²) < 4.78 is 16.5. The minimum absolute atomic E-state index is 0.0470. The lowest BCUT2D eigenvalue weighted by Gasteiger charge is -2.31. The molecule has 0 aliphatic carbocycles. The monoisotopic (exact) mass is 766 g/mol. The van der Waals surface area contributed by atoms with Crippen molar-refractivity contribution in [3.05, 3.63) is 75.7 Å². The number of Topliss-reactive ketones (excluding diaryl/α,β-unsaturated/α-hetero) is 1. The highest BCUT2D eigenvalue weighted by Gasteiger charge is 2.30. The molecule has 4 N–H and O–H groups in total. The lowest BCUT2D eigenvalue weighted by Crippen LogP contribution is -2.35. The van der Waals surface area contributed by atoms with Crippen LogP contribution in [0, 0.1) is 13.8 Å². The number of nitrogens with zero attached hydrogens (tertiary/aromatic N) is 5. The summed E-state index contributed by atoms with van der Waals surface area (Å²) >= 11 is 0. The summed E-state index contributed by atoms with van der Waals surface area (Å²) in [5, 5.41) is 20.4. The van der Waals surface area contributed by atoms with Gasteiger partial charge >= 0.3 is 0 Å². The number of carbonyl (C=O) groups excluding carboxylic acids is 2. The van der Waals surface area contributed by atoms with Crippen molar-refractivity contribution in [2.45, 2.75) is 144 Å². The van der Waals surface area contributed by atoms with Gasteiger partial charge in [0.05, 0.1) is 23.6 Å². The molecule has 1 unspecified atom stereocenters. The van der Waals surface area contributed by atoms with Crippen LogP contribution in [0.5, 0.6) is 17.2 Å². The fourth-order valence-corrected chi connectivity index (χ4v) is 6.73. The van der Waals surface area contributed by atoms with Gasteiger partial charge in [0.15, 0.2) is 17.3 Å². The van der Waals surface area contributed by atoms with E-state index in [1.165, 1.54) is 18.1 Å². The first kappa shape index (κ1) is 42.0. The molecule has 0 radical (unpaired) electrons. The second-order valence-electron chi connectivity index (χ2n) is 17.3. The van der Waals surface area contributed by atoms with Crippen molar-refractivity contribution < 1.29 is 19.1 Å². The maximum absolute atomic E-state index is 13.3. The third-order valence-electron chi connectivity index (χ3n) is 11.4. The molecule has 5 aromatic rings. The molecule has 0 aliphatic rings. The van der Waals surface area contributed by atoms with Crippen molar-refractivity contribution in [2.24, 2.45) is 0 Å². The van der Waals surface area contributed by atoms with Gasteiger partial charge in [-0.25, -0.2) is 4.68 Å². The van der Waals surface area contributed by atoms with E-state index in [2.05, 4.69) is 108 Å². The van der Waals surface area contributed by atoms with Crippen LogP contribution in [0.3, 0.4) is 0 Å². The molecule has 3 aromatic heterocycles. The average molecular weight is 767 g/mol. The maximum atomic E-state index is 13.3. The molecule has 0 saturated heterocycles. The van der Waals surface area contributed by atoms with Crippen molar-refractivity contribution in [3.8, 4) is 23.2 Å². The molecule has 12 nitrogen and oxygen atoms in total. The number of ether oxygens (including phenoxy) is 2. The zero-order valence-electron chi connectivity index (χ0n) is 35.7. The fourth-order valence-electron chi connectivity index (χ4n) is 6.73. The number of aryl methyl sites for hydroxylation is 1. The number of benzene rings is 2. The Morgan fingerprint density at radius 1 is 0.929 bits per heavy atom. The summed E-state index contributed by atoms with van der Waals surface area (Å²) in [4.78, 5) is 25.2. The Bertz CT molecular complexity index is 2220. The SMILES string of the molecule is CCC(CNC(=O)CCc1c(C)nn(-c2nnc3c(Oc4ccc(C(C)=O)cc4N)c(C(C)(C)C)[nH]n23)c1C)Oc1ccc(C(C)(C)CC)cc1C(C)(C)CC. The minimum atomic E-state index is -0.359. The molecule has 12 heteroatoms. The molecule has 0 bridgehead atoms. The summed E-state index contributed by atoms with van der Waals surface area (Å²) in [5.74, 6) is 2.10. The van der Waals surface area contributed by atoms with E-state index in [1.807, 2.05) is 13.8 Å². The molecule has 1 atom stereocenters. The smallest absolute Gasteiger partial charge is 0.271 e. The molecule has 56 heavy (non-hydrogen) atoms. The molecule has 3 heterocycles. The van der Waals surface area contributed by atoms with Crippen LogP contribution in [0.15, 0.2) is 36.4 Å². The molecule has 5 rings (SSSR count). The second-order valence-corrected chi connectivity index (χ2v) is 17.3. The van der Waals surface area contributed by atoms with Crippen molar-refractivity contribution in [1.29, 1.82) is 0 Å². The zero-order chi connectivity index (χ0) is 41.3. The Balaban J connectivity index is 1.31. The summed E-state index contributed by atoms with van der Waals surface area (Å²) in [6.45, 7) is 27.6. The van der Waals surface area contributed by atoms with Gasteiger partial charge in [-0.2, -0.15) is 9.61 Å². The first-order valence-electron chi connectivity index (χ1n) is 19.9. The molecule has 2 aromatic carbocycles. The van der Waals surface area contributed by atoms with Gasteiger partial charge in [0.1, 0.15) is 11.9 Å². The van der Waals surface area contributed by atoms with Crippen LogP contribution in [0.2, 0.25) is 0 Å². The highest BCUT2D eigenvalue weighted by Crippen LogP contribution is 2.40. The summed E-state index contributed by atoms with van der Waals surface area (Å²) in [5.41, 5.74) is 13.2. The van der Waals surface area contributed by atoms with Gasteiger partial charge < -0.3 is 20.5 Å². The highest BCUT2D eigenvalue weighted by molar-refractivity contribution is 5.95. The van der Waals surface area contributed by atoms with Gasteiger partial charge in [0.2, 0.25) is 11.6 Å². The number of nitrogens with one attached hydrogen (secondary N) is 2. The highest BCUT2D eigenvalue weighted by atomic mass is 16.5. The van der Waals surface area contributed by atoms with Gasteiger partial charge in [0, 0.05) is 28.7 Å². The number of fused-ring (bicyclic) bond motifs is 1. The van der Waals surface area contributed by atoms with Gasteiger partial charge in [-0.15, -0.1) is 10.2 Å². The number of nitrogens with two attached hydrogens (primary N) is 1. The number of ketones is 1. The van der Waals surface area contributed by atoms with Crippen LogP contribution in [0.1, 0.15) is 146 Å². The van der Waals surface area contributed by atoms with Crippen LogP contribution >= 0.6 is 0 Å². The maximum Gasteiger partial charge on any atom is 0.271 e. The van der Waals surface area contributed by atoms with Crippen molar-refractivity contribution in [1.82, 2.24) is 34.9 Å². The Hall–Kier alpha value is -5.13. The predicted molar refractivity (Wildman–Crippen MR) is 223 cm³/mol. The average Bonchev–Trinajstić information content (AvgIpc) is 3.81. The van der Waals surface area contributed by atoms with E-state index in [0.717, 1.165) is 47.7 Å². The number of rotatable bonds is 16. The number of anilines is 1. The number of aromatic amines is 1. The molecule has 302 valence electrons. The number of H-pyrrole nitrogens is 1. The largest absolute Gasteiger partial charge is 0.488 e. The summed E-state index contributed by atoms with van der Waals surface area (Å²) in [6.07, 6.45) is 3.43. The molecule has 0 saturated carbocycles. The zero-order valence-corrected chi connectivity index (χ0v) is 35.7. The van der Waals surface area contributed by atoms with E-state index >= 15 is 0 Å². The van der Waals surface area contributed by atoms with Gasteiger partial charge in [-0.3, -0.25) is 14.7 Å². The van der Waals surface area contributed by atoms with E-state index in [-0.39, 0.29) is 34.0 Å². The van der Waals surface area contributed by atoms with E-state index in [9.17, 15) is 9.59 Å². The first-order valence-corrected chi connectivity index (χ1v) is 19.9. The quantitative estimate of drug-likeness (QED) is 0.0664. The predicted octanol–water partition coefficient (Wildman–Crippen LogP) is 9.02. The second kappa shape index (κ2) is 16.2. The van der Waals surface area contributed by atoms with Gasteiger partial charge in [-0.05, 0) is 92.7 Å². The molecular weight excluding hydrogens is 705 g/mol. The summed E-state index contributed by atoms with van der Waals surface area (Å²) in [6, 6.07) is 11.6.